The van der Waals surface area contributed by atoms with Gasteiger partial charge in [-0.1, -0.05) is 12.1 Å². The van der Waals surface area contributed by atoms with E-state index in [0.29, 0.717) is 5.69 Å². The van der Waals surface area contributed by atoms with E-state index in [1.807, 2.05) is 19.9 Å². The number of hydrogen-bond acceptors (Lipinski definition) is 2. The third-order valence-electron chi connectivity index (χ3n) is 1.64. The number of carbonyl (C=O) groups excluding carboxylic acids is 1. The number of nitrogens with zero attached hydrogens (tertiary/aromatic N) is 1. The fourth-order valence-corrected chi connectivity index (χ4v) is 0.812. The first-order valence-electron chi connectivity index (χ1n) is 4.09. The molecule has 3 heteroatoms. The first kappa shape index (κ1) is 9.45. The average molecular weight is 176 g/mol. The highest BCUT2D eigenvalue weighted by Crippen LogP contribution is 1.95. The molecule has 0 spiro atoms. The van der Waals surface area contributed by atoms with Gasteiger partial charge in [-0.15, -0.1) is 0 Å². The van der Waals surface area contributed by atoms with Crippen LogP contribution in [0.1, 0.15) is 24.3 Å². The van der Waals surface area contributed by atoms with Crippen molar-refractivity contribution in [3.05, 3.63) is 41.9 Å². The van der Waals surface area contributed by atoms with Gasteiger partial charge in [0.2, 0.25) is 0 Å². The van der Waals surface area contributed by atoms with Crippen LogP contribution in [0.5, 0.6) is 0 Å². The van der Waals surface area contributed by atoms with E-state index < -0.39 is 0 Å². The van der Waals surface area contributed by atoms with Gasteiger partial charge >= 0.3 is 0 Å². The van der Waals surface area contributed by atoms with Gasteiger partial charge in [0.25, 0.3) is 5.91 Å². The van der Waals surface area contributed by atoms with Gasteiger partial charge in [0.05, 0.1) is 0 Å². The second-order valence-electron chi connectivity index (χ2n) is 2.64. The highest BCUT2D eigenvalue weighted by atomic mass is 16.1. The Bertz CT molecular complexity index is 317. The quantitative estimate of drug-likeness (QED) is 0.745. The summed E-state index contributed by atoms with van der Waals surface area (Å²) in [6.45, 7) is 3.70. The van der Waals surface area contributed by atoms with Crippen molar-refractivity contribution in [2.24, 2.45) is 0 Å². The molecule has 13 heavy (non-hydrogen) atoms. The van der Waals surface area contributed by atoms with E-state index in [1.54, 1.807) is 24.4 Å². The van der Waals surface area contributed by atoms with Crippen LogP contribution in [0.3, 0.4) is 0 Å². The van der Waals surface area contributed by atoms with Crippen LogP contribution in [0.25, 0.3) is 0 Å². The largest absolute Gasteiger partial charge is 0.325 e. The minimum absolute atomic E-state index is 0.170. The maximum absolute atomic E-state index is 11.4. The lowest BCUT2D eigenvalue weighted by Crippen LogP contribution is -2.22. The molecule has 0 saturated heterocycles. The maximum atomic E-state index is 11.4. The monoisotopic (exact) mass is 176 g/mol. The number of carbonyl (C=O) groups is 1. The zero-order valence-electron chi connectivity index (χ0n) is 7.74. The maximum Gasteiger partial charge on any atom is 0.273 e. The number of aromatic nitrogens is 1. The van der Waals surface area contributed by atoms with Gasteiger partial charge < -0.3 is 5.32 Å². The van der Waals surface area contributed by atoms with Crippen LogP contribution in [0.15, 0.2) is 36.2 Å². The minimum atomic E-state index is -0.170. The van der Waals surface area contributed by atoms with Crippen molar-refractivity contribution in [1.82, 2.24) is 10.3 Å². The summed E-state index contributed by atoms with van der Waals surface area (Å²) in [6.07, 6.45) is 3.43. The number of rotatable bonds is 2. The van der Waals surface area contributed by atoms with E-state index >= 15 is 0 Å². The molecule has 0 atom stereocenters. The molecule has 1 N–H and O–H groups in total. The summed E-state index contributed by atoms with van der Waals surface area (Å²) in [6, 6.07) is 5.24. The van der Waals surface area contributed by atoms with Crippen molar-refractivity contribution < 1.29 is 4.79 Å². The summed E-state index contributed by atoms with van der Waals surface area (Å²) in [5.41, 5.74) is 1.26. The number of pyridine rings is 1. The second kappa shape index (κ2) is 4.40. The topological polar surface area (TPSA) is 42.0 Å². The lowest BCUT2D eigenvalue weighted by atomic mass is 10.3. The molecule has 0 unspecified atom stereocenters. The highest BCUT2D eigenvalue weighted by molar-refractivity contribution is 5.93. The molecule has 0 saturated carbocycles. The normalized spacial score (nSPS) is 11.1. The molecule has 1 heterocycles. The number of amides is 1. The van der Waals surface area contributed by atoms with E-state index in [-0.39, 0.29) is 5.91 Å². The van der Waals surface area contributed by atoms with Crippen LogP contribution in [-0.2, 0) is 0 Å². The van der Waals surface area contributed by atoms with Gasteiger partial charge in [-0.3, -0.25) is 9.78 Å². The smallest absolute Gasteiger partial charge is 0.273 e. The van der Waals surface area contributed by atoms with Gasteiger partial charge in [0.1, 0.15) is 5.69 Å². The average Bonchev–Trinajstić information content (AvgIpc) is 2.19. The van der Waals surface area contributed by atoms with Gasteiger partial charge in [0.15, 0.2) is 0 Å². The fourth-order valence-electron chi connectivity index (χ4n) is 0.812. The predicted octanol–water partition coefficient (Wildman–Crippen LogP) is 1.74. The minimum Gasteiger partial charge on any atom is -0.325 e. The van der Waals surface area contributed by atoms with Crippen LogP contribution in [0.2, 0.25) is 0 Å². The Morgan fingerprint density at radius 3 is 2.85 bits per heavy atom. The summed E-state index contributed by atoms with van der Waals surface area (Å²) in [5.74, 6) is -0.170. The summed E-state index contributed by atoms with van der Waals surface area (Å²) in [5, 5.41) is 2.71. The molecule has 0 aromatic carbocycles. The van der Waals surface area contributed by atoms with E-state index in [0.717, 1.165) is 5.70 Å². The standard InChI is InChI=1S/C10H12N2O/c1-3-8(2)12-10(13)9-6-4-5-7-11-9/h3-7H,1-2H3,(H,12,13). The van der Waals surface area contributed by atoms with Gasteiger partial charge in [0, 0.05) is 11.9 Å². The molecular formula is C10H12N2O. The summed E-state index contributed by atoms with van der Waals surface area (Å²) in [4.78, 5) is 15.3. The predicted molar refractivity (Wildman–Crippen MR) is 51.1 cm³/mol. The van der Waals surface area contributed by atoms with E-state index in [2.05, 4.69) is 10.3 Å². The summed E-state index contributed by atoms with van der Waals surface area (Å²) in [7, 11) is 0. The Balaban J connectivity index is 2.70. The molecule has 3 nitrogen and oxygen atoms in total. The Hall–Kier alpha value is -1.64. The molecule has 0 bridgehead atoms. The molecule has 0 radical (unpaired) electrons. The lowest BCUT2D eigenvalue weighted by Gasteiger charge is -2.02. The molecule has 68 valence electrons. The SMILES string of the molecule is CC=C(C)NC(=O)c1ccccn1. The zero-order chi connectivity index (χ0) is 9.68. The number of allylic oxidation sites excluding steroid dienone is 2. The molecule has 1 rings (SSSR count). The molecule has 0 aliphatic carbocycles. The van der Waals surface area contributed by atoms with Crippen LogP contribution >= 0.6 is 0 Å². The molecular weight excluding hydrogens is 164 g/mol. The van der Waals surface area contributed by atoms with E-state index in [4.69, 9.17) is 0 Å². The third-order valence-corrected chi connectivity index (χ3v) is 1.64. The van der Waals surface area contributed by atoms with Gasteiger partial charge in [-0.05, 0) is 26.0 Å². The van der Waals surface area contributed by atoms with Crippen molar-refractivity contribution in [2.45, 2.75) is 13.8 Å². The fraction of sp³-hybridized carbons (Fsp3) is 0.200. The van der Waals surface area contributed by atoms with Crippen molar-refractivity contribution in [3.8, 4) is 0 Å². The molecule has 0 fully saturated rings. The van der Waals surface area contributed by atoms with Crippen molar-refractivity contribution in [2.75, 3.05) is 0 Å². The van der Waals surface area contributed by atoms with Crippen LogP contribution < -0.4 is 5.32 Å². The van der Waals surface area contributed by atoms with Gasteiger partial charge in [-0.2, -0.15) is 0 Å². The van der Waals surface area contributed by atoms with Crippen molar-refractivity contribution >= 4 is 5.91 Å². The molecule has 1 aromatic rings. The Labute approximate surface area is 77.5 Å². The van der Waals surface area contributed by atoms with Crippen LogP contribution in [0, 0.1) is 0 Å². The molecule has 0 aliphatic rings. The number of hydrogen-bond donors (Lipinski definition) is 1. The van der Waals surface area contributed by atoms with Gasteiger partial charge in [-0.25, -0.2) is 0 Å². The lowest BCUT2D eigenvalue weighted by molar-refractivity contribution is 0.0961. The molecule has 1 aromatic heterocycles. The number of nitrogens with one attached hydrogen (secondary N) is 1. The summed E-state index contributed by atoms with van der Waals surface area (Å²) < 4.78 is 0. The Morgan fingerprint density at radius 2 is 2.31 bits per heavy atom. The third kappa shape index (κ3) is 2.71. The Kier molecular flexibility index (Phi) is 3.20. The van der Waals surface area contributed by atoms with Crippen LogP contribution in [0.4, 0.5) is 0 Å². The highest BCUT2D eigenvalue weighted by Gasteiger charge is 2.04. The van der Waals surface area contributed by atoms with Crippen molar-refractivity contribution in [3.63, 3.8) is 0 Å². The summed E-state index contributed by atoms with van der Waals surface area (Å²) >= 11 is 0. The Morgan fingerprint density at radius 1 is 1.54 bits per heavy atom. The van der Waals surface area contributed by atoms with Crippen LogP contribution in [-0.4, -0.2) is 10.9 Å². The van der Waals surface area contributed by atoms with Crippen molar-refractivity contribution in [1.29, 1.82) is 0 Å². The second-order valence-corrected chi connectivity index (χ2v) is 2.64. The van der Waals surface area contributed by atoms with E-state index in [9.17, 15) is 4.79 Å². The first-order valence-corrected chi connectivity index (χ1v) is 4.09. The first-order chi connectivity index (χ1) is 6.24. The molecule has 1 amide bonds. The van der Waals surface area contributed by atoms with E-state index in [1.165, 1.54) is 0 Å². The molecule has 0 aliphatic heterocycles. The zero-order valence-corrected chi connectivity index (χ0v) is 7.74.